The maximum Gasteiger partial charge on any atom is 0.138 e. The second-order valence-corrected chi connectivity index (χ2v) is 6.72. The van der Waals surface area contributed by atoms with Crippen molar-refractivity contribution in [2.24, 2.45) is 13.0 Å². The van der Waals surface area contributed by atoms with Crippen molar-refractivity contribution in [2.75, 3.05) is 13.1 Å². The van der Waals surface area contributed by atoms with E-state index in [1.165, 1.54) is 5.56 Å². The van der Waals surface area contributed by atoms with Gasteiger partial charge >= 0.3 is 0 Å². The summed E-state index contributed by atoms with van der Waals surface area (Å²) in [6, 6.07) is 8.52. The topological polar surface area (TPSA) is 42.7 Å². The fraction of sp³-hybridized carbons (Fsp3) is 0.500. The third-order valence-corrected chi connectivity index (χ3v) is 3.99. The van der Waals surface area contributed by atoms with E-state index in [1.807, 2.05) is 11.7 Å². The SMILES string of the molecule is CC(C)CNCC(Cc1ncnn1C)c1cccc(Br)c1. The molecule has 114 valence electrons. The number of rotatable bonds is 7. The van der Waals surface area contributed by atoms with E-state index in [4.69, 9.17) is 0 Å². The number of nitrogens with zero attached hydrogens (tertiary/aromatic N) is 3. The molecule has 1 atom stereocenters. The highest BCUT2D eigenvalue weighted by Gasteiger charge is 2.15. The third-order valence-electron chi connectivity index (χ3n) is 3.50. The standard InChI is InChI=1S/C16H23BrN4/c1-12(2)9-18-10-14(8-16-19-11-20-21(16)3)13-5-4-6-15(17)7-13/h4-7,11-12,14,18H,8-10H2,1-3H3. The molecule has 0 saturated heterocycles. The van der Waals surface area contributed by atoms with E-state index in [0.717, 1.165) is 29.8 Å². The van der Waals surface area contributed by atoms with Crippen LogP contribution < -0.4 is 5.32 Å². The Morgan fingerprint density at radius 3 is 2.71 bits per heavy atom. The van der Waals surface area contributed by atoms with Crippen molar-refractivity contribution in [1.29, 1.82) is 0 Å². The Morgan fingerprint density at radius 1 is 1.29 bits per heavy atom. The van der Waals surface area contributed by atoms with Gasteiger partial charge in [0.05, 0.1) is 0 Å². The predicted octanol–water partition coefficient (Wildman–Crippen LogP) is 3.15. The fourth-order valence-corrected chi connectivity index (χ4v) is 2.76. The monoisotopic (exact) mass is 350 g/mol. The van der Waals surface area contributed by atoms with Crippen molar-refractivity contribution < 1.29 is 0 Å². The second-order valence-electron chi connectivity index (χ2n) is 5.81. The zero-order chi connectivity index (χ0) is 15.2. The molecule has 1 heterocycles. The van der Waals surface area contributed by atoms with Crippen molar-refractivity contribution in [3.8, 4) is 0 Å². The van der Waals surface area contributed by atoms with Gasteiger partial charge in [0.25, 0.3) is 0 Å². The summed E-state index contributed by atoms with van der Waals surface area (Å²) in [7, 11) is 1.95. The van der Waals surface area contributed by atoms with Gasteiger partial charge in [-0.3, -0.25) is 4.68 Å². The molecule has 2 rings (SSSR count). The molecule has 4 nitrogen and oxygen atoms in total. The number of hydrogen-bond acceptors (Lipinski definition) is 3. The lowest BCUT2D eigenvalue weighted by atomic mass is 9.95. The van der Waals surface area contributed by atoms with Crippen LogP contribution in [0.1, 0.15) is 31.2 Å². The van der Waals surface area contributed by atoms with Gasteiger partial charge in [0.15, 0.2) is 0 Å². The number of hydrogen-bond donors (Lipinski definition) is 1. The summed E-state index contributed by atoms with van der Waals surface area (Å²) < 4.78 is 2.97. The molecule has 5 heteroatoms. The first-order valence-electron chi connectivity index (χ1n) is 7.35. The van der Waals surface area contributed by atoms with Gasteiger partial charge in [-0.25, -0.2) is 4.98 Å². The maximum atomic E-state index is 4.36. The van der Waals surface area contributed by atoms with Crippen LogP contribution in [0, 0.1) is 5.92 Å². The molecule has 0 amide bonds. The summed E-state index contributed by atoms with van der Waals surface area (Å²) in [6.07, 6.45) is 2.51. The van der Waals surface area contributed by atoms with Crippen LogP contribution in [0.2, 0.25) is 0 Å². The number of aryl methyl sites for hydroxylation is 1. The zero-order valence-corrected chi connectivity index (χ0v) is 14.5. The van der Waals surface area contributed by atoms with Gasteiger partial charge < -0.3 is 5.32 Å². The summed E-state index contributed by atoms with van der Waals surface area (Å²) in [4.78, 5) is 4.36. The van der Waals surface area contributed by atoms with Gasteiger partial charge in [0.1, 0.15) is 12.2 Å². The lowest BCUT2D eigenvalue weighted by Gasteiger charge is -2.19. The largest absolute Gasteiger partial charge is 0.316 e. The molecule has 0 aliphatic heterocycles. The van der Waals surface area contributed by atoms with Gasteiger partial charge in [-0.05, 0) is 30.2 Å². The lowest BCUT2D eigenvalue weighted by molar-refractivity contribution is 0.504. The van der Waals surface area contributed by atoms with Crippen molar-refractivity contribution in [1.82, 2.24) is 20.1 Å². The molecule has 21 heavy (non-hydrogen) atoms. The first kappa shape index (κ1) is 16.2. The highest BCUT2D eigenvalue weighted by atomic mass is 79.9. The van der Waals surface area contributed by atoms with Gasteiger partial charge in [-0.1, -0.05) is 41.9 Å². The van der Waals surface area contributed by atoms with Gasteiger partial charge in [-0.15, -0.1) is 0 Å². The average molecular weight is 351 g/mol. The van der Waals surface area contributed by atoms with E-state index in [0.29, 0.717) is 11.8 Å². The third kappa shape index (κ3) is 4.93. The van der Waals surface area contributed by atoms with Crippen LogP contribution in [0.3, 0.4) is 0 Å². The summed E-state index contributed by atoms with van der Waals surface area (Å²) in [5.74, 6) is 2.07. The molecule has 2 aromatic rings. The predicted molar refractivity (Wildman–Crippen MR) is 89.3 cm³/mol. The molecule has 1 aromatic carbocycles. The smallest absolute Gasteiger partial charge is 0.138 e. The van der Waals surface area contributed by atoms with E-state index >= 15 is 0 Å². The molecule has 0 bridgehead atoms. The Balaban J connectivity index is 2.12. The lowest BCUT2D eigenvalue weighted by Crippen LogP contribution is -2.27. The molecule has 1 N–H and O–H groups in total. The van der Waals surface area contributed by atoms with Crippen molar-refractivity contribution in [2.45, 2.75) is 26.2 Å². The number of nitrogens with one attached hydrogen (secondary N) is 1. The number of benzene rings is 1. The highest BCUT2D eigenvalue weighted by Crippen LogP contribution is 2.22. The highest BCUT2D eigenvalue weighted by molar-refractivity contribution is 9.10. The molecule has 0 aliphatic rings. The van der Waals surface area contributed by atoms with Crippen molar-refractivity contribution >= 4 is 15.9 Å². The molecule has 0 fully saturated rings. The molecule has 0 spiro atoms. The Hall–Kier alpha value is -1.20. The molecular weight excluding hydrogens is 328 g/mol. The first-order chi connectivity index (χ1) is 10.1. The van der Waals surface area contributed by atoms with E-state index in [9.17, 15) is 0 Å². The van der Waals surface area contributed by atoms with Crippen molar-refractivity contribution in [3.05, 3.63) is 46.5 Å². The normalized spacial score (nSPS) is 12.8. The average Bonchev–Trinajstić information content (AvgIpc) is 2.83. The summed E-state index contributed by atoms with van der Waals surface area (Å²) in [5.41, 5.74) is 1.32. The van der Waals surface area contributed by atoms with Crippen molar-refractivity contribution in [3.63, 3.8) is 0 Å². The second kappa shape index (κ2) is 7.71. The Bertz CT molecular complexity index is 565. The molecule has 1 unspecified atom stereocenters. The van der Waals surface area contributed by atoms with Crippen LogP contribution in [0.15, 0.2) is 35.1 Å². The molecule has 0 radical (unpaired) electrons. The Morgan fingerprint density at radius 2 is 2.10 bits per heavy atom. The van der Waals surface area contributed by atoms with Crippen LogP contribution in [0.4, 0.5) is 0 Å². The number of aromatic nitrogens is 3. The minimum atomic E-state index is 0.393. The first-order valence-corrected chi connectivity index (χ1v) is 8.14. The van der Waals surface area contributed by atoms with Crippen LogP contribution in [0.5, 0.6) is 0 Å². The molecule has 0 aliphatic carbocycles. The van der Waals surface area contributed by atoms with Gasteiger partial charge in [0.2, 0.25) is 0 Å². The van der Waals surface area contributed by atoms with Gasteiger partial charge in [0, 0.05) is 30.4 Å². The van der Waals surface area contributed by atoms with Crippen LogP contribution in [-0.4, -0.2) is 27.9 Å². The zero-order valence-electron chi connectivity index (χ0n) is 12.9. The summed E-state index contributed by atoms with van der Waals surface area (Å²) >= 11 is 3.56. The summed E-state index contributed by atoms with van der Waals surface area (Å²) in [5, 5.41) is 7.73. The van der Waals surface area contributed by atoms with Crippen LogP contribution in [-0.2, 0) is 13.5 Å². The summed E-state index contributed by atoms with van der Waals surface area (Å²) in [6.45, 7) is 6.43. The maximum absolute atomic E-state index is 4.36. The molecule has 1 aromatic heterocycles. The van der Waals surface area contributed by atoms with Crippen LogP contribution >= 0.6 is 15.9 Å². The number of halogens is 1. The van der Waals surface area contributed by atoms with Crippen LogP contribution in [0.25, 0.3) is 0 Å². The molecular formula is C16H23BrN4. The van der Waals surface area contributed by atoms with E-state index in [1.54, 1.807) is 6.33 Å². The van der Waals surface area contributed by atoms with E-state index in [2.05, 4.69) is 69.4 Å². The van der Waals surface area contributed by atoms with E-state index in [-0.39, 0.29) is 0 Å². The van der Waals surface area contributed by atoms with Gasteiger partial charge in [-0.2, -0.15) is 5.10 Å². The minimum absolute atomic E-state index is 0.393. The Kier molecular flexibility index (Phi) is 5.94. The quantitative estimate of drug-likeness (QED) is 0.833. The fourth-order valence-electron chi connectivity index (χ4n) is 2.34. The minimum Gasteiger partial charge on any atom is -0.316 e. The molecule has 0 saturated carbocycles. The Labute approximate surface area is 135 Å². The van der Waals surface area contributed by atoms with E-state index < -0.39 is 0 Å².